The van der Waals surface area contributed by atoms with Crippen molar-refractivity contribution in [2.24, 2.45) is 0 Å². The Balaban J connectivity index is 1.78. The summed E-state index contributed by atoms with van der Waals surface area (Å²) in [7, 11) is 2.90. The monoisotopic (exact) mass is 494 g/mol. The van der Waals surface area contributed by atoms with Crippen LogP contribution in [0.25, 0.3) is 0 Å². The van der Waals surface area contributed by atoms with Crippen molar-refractivity contribution in [2.45, 2.75) is 30.8 Å². The van der Waals surface area contributed by atoms with Gasteiger partial charge in [0, 0.05) is 32.1 Å². The van der Waals surface area contributed by atoms with Gasteiger partial charge in [0.25, 0.3) is 5.91 Å². The van der Waals surface area contributed by atoms with E-state index in [1.54, 1.807) is 29.2 Å². The van der Waals surface area contributed by atoms with Gasteiger partial charge in [0.15, 0.2) is 17.3 Å². The Hall–Kier alpha value is -4.08. The maximum Gasteiger partial charge on any atom is 0.414 e. The zero-order valence-corrected chi connectivity index (χ0v) is 19.7. The van der Waals surface area contributed by atoms with Crippen molar-refractivity contribution in [3.8, 4) is 5.75 Å². The van der Waals surface area contributed by atoms with E-state index < -0.39 is 52.8 Å². The van der Waals surface area contributed by atoms with E-state index in [4.69, 9.17) is 4.74 Å². The molecule has 0 aliphatic carbocycles. The molecule has 1 aromatic heterocycles. The number of carbonyl (C=O) groups excluding carboxylic acids is 2. The van der Waals surface area contributed by atoms with Gasteiger partial charge in [-0.05, 0) is 24.5 Å². The zero-order valence-electron chi connectivity index (χ0n) is 19.7. The van der Waals surface area contributed by atoms with E-state index in [0.717, 1.165) is 17.2 Å². The molecular formula is C26H24F2N4O4. The number of nitrogens with zero attached hydrogens (tertiary/aromatic N) is 4. The van der Waals surface area contributed by atoms with Gasteiger partial charge >= 0.3 is 6.09 Å². The van der Waals surface area contributed by atoms with Gasteiger partial charge in [-0.25, -0.2) is 18.3 Å². The third-order valence-corrected chi connectivity index (χ3v) is 6.78. The molecule has 0 N–H and O–H groups in total. The molecule has 1 saturated heterocycles. The van der Waals surface area contributed by atoms with Crippen molar-refractivity contribution in [1.29, 1.82) is 0 Å². The fraction of sp³-hybridized carbons (Fsp3) is 0.308. The average molecular weight is 494 g/mol. The van der Waals surface area contributed by atoms with Gasteiger partial charge in [-0.3, -0.25) is 9.59 Å². The van der Waals surface area contributed by atoms with E-state index in [1.165, 1.54) is 30.9 Å². The molecule has 0 saturated carbocycles. The molecule has 5 rings (SSSR count). The van der Waals surface area contributed by atoms with Gasteiger partial charge in [0.05, 0.1) is 18.3 Å². The Morgan fingerprint density at radius 2 is 1.86 bits per heavy atom. The predicted octanol–water partition coefficient (Wildman–Crippen LogP) is 3.57. The molecule has 1 fully saturated rings. The van der Waals surface area contributed by atoms with Crippen LogP contribution in [-0.2, 0) is 0 Å². The third-order valence-electron chi connectivity index (χ3n) is 6.78. The second-order valence-electron chi connectivity index (χ2n) is 9.12. The first-order chi connectivity index (χ1) is 17.3. The minimum absolute atomic E-state index is 0.102. The quantitative estimate of drug-likeness (QED) is 0.554. The molecule has 2 aliphatic rings. The standard InChI is InChI=1S/C26H24F2N4O4/c1-30(2)26(35)36-24-19(33)14-29-32-22(18-12-7-13-31(18)25(34)23(24)32)20(15-8-4-3-5-9-15)16-10-6-11-17(27)21(16)28/h3-6,8-11,14,18,20,22H,7,12-13H2,1-2H3/t18-,20-,22-/m1/s1. The lowest BCUT2D eigenvalue weighted by Gasteiger charge is -2.42. The van der Waals surface area contributed by atoms with Crippen molar-refractivity contribution < 1.29 is 23.1 Å². The van der Waals surface area contributed by atoms with Crippen LogP contribution in [0.2, 0.25) is 0 Å². The van der Waals surface area contributed by atoms with Crippen LogP contribution >= 0.6 is 0 Å². The molecule has 0 unspecified atom stereocenters. The summed E-state index contributed by atoms with van der Waals surface area (Å²) < 4.78 is 36.4. The van der Waals surface area contributed by atoms with E-state index >= 15 is 4.39 Å². The summed E-state index contributed by atoms with van der Waals surface area (Å²) >= 11 is 0. The second-order valence-corrected chi connectivity index (χ2v) is 9.12. The number of fused-ring (bicyclic) bond motifs is 2. The summed E-state index contributed by atoms with van der Waals surface area (Å²) in [6.07, 6.45) is 1.45. The van der Waals surface area contributed by atoms with Crippen LogP contribution in [0.15, 0.2) is 59.5 Å². The maximum absolute atomic E-state index is 15.3. The molecular weight excluding hydrogens is 470 g/mol. The Bertz CT molecular complexity index is 1390. The van der Waals surface area contributed by atoms with Crippen LogP contribution in [0.1, 0.15) is 46.4 Å². The molecule has 36 heavy (non-hydrogen) atoms. The summed E-state index contributed by atoms with van der Waals surface area (Å²) in [6.45, 7) is 0.414. The zero-order chi connectivity index (χ0) is 25.6. The van der Waals surface area contributed by atoms with E-state index in [1.807, 2.05) is 6.07 Å². The highest BCUT2D eigenvalue weighted by atomic mass is 19.2. The first-order valence-electron chi connectivity index (χ1n) is 11.6. The minimum atomic E-state index is -0.991. The first kappa shape index (κ1) is 23.7. The van der Waals surface area contributed by atoms with Crippen molar-refractivity contribution in [2.75, 3.05) is 20.6 Å². The summed E-state index contributed by atoms with van der Waals surface area (Å²) in [5, 5.41) is 4.28. The topological polar surface area (TPSA) is 84.7 Å². The Morgan fingerprint density at radius 1 is 1.11 bits per heavy atom. The molecule has 10 heteroatoms. The van der Waals surface area contributed by atoms with Crippen molar-refractivity contribution in [3.05, 3.63) is 93.4 Å². The molecule has 0 radical (unpaired) electrons. The molecule has 0 bridgehead atoms. The minimum Gasteiger partial charge on any atom is -0.403 e. The number of hydrogen-bond donors (Lipinski definition) is 0. The first-order valence-corrected chi connectivity index (χ1v) is 11.6. The number of ether oxygens (including phenoxy) is 1. The Kier molecular flexibility index (Phi) is 6.03. The number of amides is 2. The molecule has 2 amide bonds. The molecule has 2 aliphatic heterocycles. The van der Waals surface area contributed by atoms with E-state index in [0.29, 0.717) is 24.9 Å². The summed E-state index contributed by atoms with van der Waals surface area (Å²) in [6, 6.07) is 11.9. The summed E-state index contributed by atoms with van der Waals surface area (Å²) in [4.78, 5) is 41.4. The molecule has 8 nitrogen and oxygen atoms in total. The maximum atomic E-state index is 15.3. The summed E-state index contributed by atoms with van der Waals surface area (Å²) in [5.41, 5.74) is -0.120. The predicted molar refractivity (Wildman–Crippen MR) is 126 cm³/mol. The van der Waals surface area contributed by atoms with Gasteiger partial charge in [-0.1, -0.05) is 42.5 Å². The number of benzene rings is 2. The lowest BCUT2D eigenvalue weighted by atomic mass is 9.79. The van der Waals surface area contributed by atoms with Gasteiger partial charge in [0.2, 0.25) is 11.2 Å². The van der Waals surface area contributed by atoms with Crippen LogP contribution < -0.4 is 10.2 Å². The van der Waals surface area contributed by atoms with Crippen molar-refractivity contribution in [1.82, 2.24) is 19.6 Å². The van der Waals surface area contributed by atoms with E-state index in [9.17, 15) is 18.8 Å². The van der Waals surface area contributed by atoms with Gasteiger partial charge in [-0.2, -0.15) is 5.10 Å². The van der Waals surface area contributed by atoms with Crippen molar-refractivity contribution in [3.63, 3.8) is 0 Å². The van der Waals surface area contributed by atoms with Crippen LogP contribution in [0.4, 0.5) is 13.6 Å². The second kappa shape index (κ2) is 9.18. The smallest absolute Gasteiger partial charge is 0.403 e. The third kappa shape index (κ3) is 3.82. The van der Waals surface area contributed by atoms with E-state index in [2.05, 4.69) is 5.10 Å². The highest BCUT2D eigenvalue weighted by molar-refractivity contribution is 5.97. The van der Waals surface area contributed by atoms with Crippen LogP contribution in [0.5, 0.6) is 5.75 Å². The SMILES string of the molecule is CN(C)C(=O)Oc1c2n(ncc1=O)[C@@H]([C@H](c1ccccc1)c1cccc(F)c1F)[C@H]1CCCN1C2=O. The Labute approximate surface area is 205 Å². The number of hydrogen-bond acceptors (Lipinski definition) is 5. The van der Waals surface area contributed by atoms with Crippen LogP contribution in [-0.4, -0.2) is 58.3 Å². The highest BCUT2D eigenvalue weighted by Crippen LogP contribution is 2.46. The van der Waals surface area contributed by atoms with Crippen molar-refractivity contribution >= 4 is 12.0 Å². The lowest BCUT2D eigenvalue weighted by molar-refractivity contribution is 0.0563. The summed E-state index contributed by atoms with van der Waals surface area (Å²) in [5.74, 6) is -3.67. The average Bonchev–Trinajstić information content (AvgIpc) is 3.36. The lowest BCUT2D eigenvalue weighted by Crippen LogP contribution is -2.51. The van der Waals surface area contributed by atoms with Crippen LogP contribution in [0.3, 0.4) is 0 Å². The number of rotatable bonds is 4. The van der Waals surface area contributed by atoms with Gasteiger partial charge < -0.3 is 14.5 Å². The van der Waals surface area contributed by atoms with Gasteiger partial charge in [0.1, 0.15) is 0 Å². The number of aromatic nitrogens is 2. The van der Waals surface area contributed by atoms with Gasteiger partial charge in [-0.15, -0.1) is 0 Å². The molecule has 186 valence electrons. The van der Waals surface area contributed by atoms with E-state index in [-0.39, 0.29) is 11.3 Å². The normalized spacial score (nSPS) is 19.4. The molecule has 3 aromatic rings. The number of halogens is 2. The molecule has 0 spiro atoms. The molecule has 3 heterocycles. The van der Waals surface area contributed by atoms with Crippen LogP contribution in [0, 0.1) is 11.6 Å². The Morgan fingerprint density at radius 3 is 2.58 bits per heavy atom. The molecule has 3 atom stereocenters. The number of carbonyl (C=O) groups is 2. The fourth-order valence-electron chi connectivity index (χ4n) is 5.19. The molecule has 2 aromatic carbocycles. The fourth-order valence-corrected chi connectivity index (χ4v) is 5.19. The highest BCUT2D eigenvalue weighted by Gasteiger charge is 2.49. The largest absolute Gasteiger partial charge is 0.414 e.